The number of hydrogen-bond acceptors (Lipinski definition) is 4. The molecule has 0 aliphatic carbocycles. The monoisotopic (exact) mass is 219 g/mol. The van der Waals surface area contributed by atoms with Crippen molar-refractivity contribution < 1.29 is 14.7 Å². The molecule has 0 radical (unpaired) electrons. The van der Waals surface area contributed by atoms with Crippen LogP contribution in [0.2, 0.25) is 0 Å². The van der Waals surface area contributed by atoms with Crippen LogP contribution in [0.25, 0.3) is 11.0 Å². The van der Waals surface area contributed by atoms with E-state index in [0.717, 1.165) is 4.68 Å². The van der Waals surface area contributed by atoms with Gasteiger partial charge in [0.25, 0.3) is 0 Å². The third kappa shape index (κ3) is 1.90. The van der Waals surface area contributed by atoms with Crippen molar-refractivity contribution in [1.82, 2.24) is 15.0 Å². The highest BCUT2D eigenvalue weighted by atomic mass is 16.4. The first-order valence-corrected chi connectivity index (χ1v) is 4.74. The first kappa shape index (κ1) is 10.3. The van der Waals surface area contributed by atoms with Gasteiger partial charge in [-0.25, -0.2) is 0 Å². The van der Waals surface area contributed by atoms with E-state index in [1.807, 2.05) is 0 Å². The lowest BCUT2D eigenvalue weighted by atomic mass is 10.3. The predicted octanol–water partition coefficient (Wildman–Crippen LogP) is 0.936. The number of carboxylic acid groups (broad SMARTS) is 1. The molecule has 2 aromatic rings. The maximum Gasteiger partial charge on any atom is 0.303 e. The minimum atomic E-state index is -1.00. The highest BCUT2D eigenvalue weighted by Crippen LogP contribution is 2.10. The van der Waals surface area contributed by atoms with Crippen LogP contribution in [0.3, 0.4) is 0 Å². The van der Waals surface area contributed by atoms with Crippen LogP contribution in [-0.4, -0.2) is 32.0 Å². The first-order chi connectivity index (χ1) is 7.68. The van der Waals surface area contributed by atoms with Crippen LogP contribution in [0.15, 0.2) is 24.3 Å². The number of aromatic nitrogens is 3. The van der Waals surface area contributed by atoms with E-state index in [1.54, 1.807) is 24.3 Å². The Morgan fingerprint density at radius 1 is 1.25 bits per heavy atom. The second kappa shape index (κ2) is 4.09. The van der Waals surface area contributed by atoms with Gasteiger partial charge in [-0.05, 0) is 12.1 Å². The fraction of sp³-hybridized carbons (Fsp3) is 0.200. The predicted molar refractivity (Wildman–Crippen MR) is 55.0 cm³/mol. The summed E-state index contributed by atoms with van der Waals surface area (Å²) in [6.45, 7) is 0. The molecule has 0 aliphatic heterocycles. The van der Waals surface area contributed by atoms with E-state index in [0.29, 0.717) is 11.0 Å². The van der Waals surface area contributed by atoms with Crippen molar-refractivity contribution in [2.75, 3.05) is 0 Å². The molecule has 0 atom stereocenters. The molecule has 16 heavy (non-hydrogen) atoms. The third-order valence-corrected chi connectivity index (χ3v) is 2.14. The number of fused-ring (bicyclic) bond motifs is 1. The zero-order valence-corrected chi connectivity index (χ0v) is 8.33. The first-order valence-electron chi connectivity index (χ1n) is 4.74. The number of carboxylic acids is 1. The Kier molecular flexibility index (Phi) is 2.63. The number of benzene rings is 1. The molecule has 2 rings (SSSR count). The van der Waals surface area contributed by atoms with Crippen molar-refractivity contribution in [1.29, 1.82) is 0 Å². The lowest BCUT2D eigenvalue weighted by Crippen LogP contribution is -2.13. The van der Waals surface area contributed by atoms with Crippen LogP contribution >= 0.6 is 0 Å². The molecule has 0 fully saturated rings. The summed E-state index contributed by atoms with van der Waals surface area (Å²) in [6, 6.07) is 7.02. The molecule has 6 nitrogen and oxygen atoms in total. The summed E-state index contributed by atoms with van der Waals surface area (Å²) in [4.78, 5) is 22.0. The minimum absolute atomic E-state index is 0.0807. The normalized spacial score (nSPS) is 10.5. The molecule has 0 saturated carbocycles. The van der Waals surface area contributed by atoms with Gasteiger partial charge in [-0.3, -0.25) is 9.59 Å². The van der Waals surface area contributed by atoms with E-state index in [9.17, 15) is 9.59 Å². The summed E-state index contributed by atoms with van der Waals surface area (Å²) in [6.07, 6.45) is -0.282. The van der Waals surface area contributed by atoms with E-state index >= 15 is 0 Å². The molecule has 0 spiro atoms. The summed E-state index contributed by atoms with van der Waals surface area (Å²) in [5.41, 5.74) is 1.21. The third-order valence-electron chi connectivity index (χ3n) is 2.14. The molecule has 0 amide bonds. The molecule has 1 heterocycles. The summed E-state index contributed by atoms with van der Waals surface area (Å²) in [5, 5.41) is 16.0. The molecule has 1 aromatic heterocycles. The van der Waals surface area contributed by atoms with Crippen LogP contribution < -0.4 is 0 Å². The highest BCUT2D eigenvalue weighted by Gasteiger charge is 2.12. The lowest BCUT2D eigenvalue weighted by molar-refractivity contribution is -0.137. The maximum absolute atomic E-state index is 11.6. The molecule has 1 aromatic carbocycles. The highest BCUT2D eigenvalue weighted by molar-refractivity contribution is 5.90. The van der Waals surface area contributed by atoms with Crippen LogP contribution in [0.4, 0.5) is 0 Å². The minimum Gasteiger partial charge on any atom is -0.481 e. The Bertz CT molecular complexity index is 547. The summed E-state index contributed by atoms with van der Waals surface area (Å²) in [5.74, 6) is -1.37. The summed E-state index contributed by atoms with van der Waals surface area (Å²) >= 11 is 0. The molecule has 0 saturated heterocycles. The van der Waals surface area contributed by atoms with E-state index in [-0.39, 0.29) is 18.7 Å². The van der Waals surface area contributed by atoms with Gasteiger partial charge in [0.15, 0.2) is 0 Å². The Hall–Kier alpha value is -2.24. The standard InChI is InChI=1S/C10H9N3O3/c14-9(5-6-10(15)16)13-8-4-2-1-3-7(8)11-12-13/h1-4H,5-6H2,(H,15,16). The van der Waals surface area contributed by atoms with E-state index in [1.165, 1.54) is 0 Å². The second-order valence-electron chi connectivity index (χ2n) is 3.28. The van der Waals surface area contributed by atoms with Crippen LogP contribution in [-0.2, 0) is 4.79 Å². The number of para-hydroxylation sites is 1. The van der Waals surface area contributed by atoms with Crippen LogP contribution in [0.5, 0.6) is 0 Å². The van der Waals surface area contributed by atoms with Gasteiger partial charge in [-0.2, -0.15) is 4.68 Å². The van der Waals surface area contributed by atoms with Gasteiger partial charge < -0.3 is 5.11 Å². The molecule has 0 bridgehead atoms. The van der Waals surface area contributed by atoms with Gasteiger partial charge in [0, 0.05) is 6.42 Å². The van der Waals surface area contributed by atoms with Crippen molar-refractivity contribution in [2.45, 2.75) is 12.8 Å². The van der Waals surface area contributed by atoms with E-state index < -0.39 is 5.97 Å². The number of nitrogens with zero attached hydrogens (tertiary/aromatic N) is 3. The average molecular weight is 219 g/mol. The van der Waals surface area contributed by atoms with Crippen LogP contribution in [0.1, 0.15) is 17.6 Å². The number of carbonyl (C=O) groups excluding carboxylic acids is 1. The van der Waals surface area contributed by atoms with Crippen molar-refractivity contribution in [3.8, 4) is 0 Å². The number of rotatable bonds is 3. The maximum atomic E-state index is 11.6. The van der Waals surface area contributed by atoms with E-state index in [2.05, 4.69) is 10.3 Å². The van der Waals surface area contributed by atoms with Gasteiger partial charge in [-0.1, -0.05) is 17.3 Å². The Balaban J connectivity index is 2.26. The molecule has 0 aliphatic rings. The number of hydrogen-bond donors (Lipinski definition) is 1. The topological polar surface area (TPSA) is 85.1 Å². The zero-order valence-electron chi connectivity index (χ0n) is 8.33. The smallest absolute Gasteiger partial charge is 0.303 e. The Labute approximate surface area is 90.5 Å². The van der Waals surface area contributed by atoms with Gasteiger partial charge in [-0.15, -0.1) is 5.10 Å². The van der Waals surface area contributed by atoms with E-state index in [4.69, 9.17) is 5.11 Å². The molecular formula is C10H9N3O3. The Morgan fingerprint density at radius 3 is 2.75 bits per heavy atom. The number of carbonyl (C=O) groups is 2. The second-order valence-corrected chi connectivity index (χ2v) is 3.28. The quantitative estimate of drug-likeness (QED) is 0.830. The molecule has 6 heteroatoms. The SMILES string of the molecule is O=C(O)CCC(=O)n1nnc2ccccc21. The number of aliphatic carboxylic acids is 1. The fourth-order valence-corrected chi connectivity index (χ4v) is 1.37. The van der Waals surface area contributed by atoms with Crippen LogP contribution in [0, 0.1) is 0 Å². The zero-order chi connectivity index (χ0) is 11.5. The molecule has 82 valence electrons. The van der Waals surface area contributed by atoms with Gasteiger partial charge in [0.05, 0.1) is 11.9 Å². The van der Waals surface area contributed by atoms with Gasteiger partial charge >= 0.3 is 5.97 Å². The van der Waals surface area contributed by atoms with Crippen molar-refractivity contribution in [3.63, 3.8) is 0 Å². The van der Waals surface area contributed by atoms with Crippen molar-refractivity contribution in [2.24, 2.45) is 0 Å². The van der Waals surface area contributed by atoms with Gasteiger partial charge in [0.1, 0.15) is 5.52 Å². The molecule has 1 N–H and O–H groups in total. The largest absolute Gasteiger partial charge is 0.481 e. The lowest BCUT2D eigenvalue weighted by Gasteiger charge is -1.98. The molecular weight excluding hydrogens is 210 g/mol. The Morgan fingerprint density at radius 2 is 2.00 bits per heavy atom. The summed E-state index contributed by atoms with van der Waals surface area (Å²) in [7, 11) is 0. The average Bonchev–Trinajstić information content (AvgIpc) is 2.69. The fourth-order valence-electron chi connectivity index (χ4n) is 1.37. The molecule has 0 unspecified atom stereocenters. The summed E-state index contributed by atoms with van der Waals surface area (Å²) < 4.78 is 1.14. The van der Waals surface area contributed by atoms with Crippen molar-refractivity contribution >= 4 is 22.9 Å². The van der Waals surface area contributed by atoms with Crippen molar-refractivity contribution in [3.05, 3.63) is 24.3 Å². The van der Waals surface area contributed by atoms with Gasteiger partial charge in [0.2, 0.25) is 5.91 Å².